The number of benzene rings is 2. The Labute approximate surface area is 273 Å². The molecule has 4 aromatic heterocycles. The Hall–Kier alpha value is -4.45. The highest BCUT2D eigenvalue weighted by atomic mass is 16.3. The molecule has 6 heteroatoms. The number of para-hydroxylation sites is 2. The number of hydrogen-bond donors (Lipinski definition) is 1. The fourth-order valence-corrected chi connectivity index (χ4v) is 6.30. The summed E-state index contributed by atoms with van der Waals surface area (Å²) in [6.07, 6.45) is 9.62. The minimum Gasteiger partial charge on any atom is -0.513 e. The predicted octanol–water partition coefficient (Wildman–Crippen LogP) is 8.97. The van der Waals surface area contributed by atoms with Crippen LogP contribution in [-0.4, -0.2) is 24.2 Å². The van der Waals surface area contributed by atoms with Crippen LogP contribution in [0.4, 0.5) is 0 Å². The fraction of sp³-hybridized carbons (Fsp3) is 0.375. The first-order chi connectivity index (χ1) is 21.4. The molecule has 0 amide bonds. The highest BCUT2D eigenvalue weighted by molar-refractivity contribution is 5.92. The molecular formula is C40H47N5O. The molecule has 1 N–H and O–H groups in total. The molecule has 0 fully saturated rings. The monoisotopic (exact) mass is 613 g/mol. The van der Waals surface area contributed by atoms with Gasteiger partial charge >= 0.3 is 0 Å². The third kappa shape index (κ3) is 5.28. The van der Waals surface area contributed by atoms with Gasteiger partial charge in [0.15, 0.2) is 5.66 Å². The number of hydrogen-bond acceptors (Lipinski definition) is 3. The zero-order chi connectivity index (χ0) is 33.4. The molecule has 46 heavy (non-hydrogen) atoms. The minimum atomic E-state index is -0.615. The minimum absolute atomic E-state index is 0.00188. The number of rotatable bonds is 4. The third-order valence-electron chi connectivity index (χ3n) is 9.17. The van der Waals surface area contributed by atoms with Crippen molar-refractivity contribution in [1.29, 1.82) is 0 Å². The molecule has 0 saturated carbocycles. The van der Waals surface area contributed by atoms with Gasteiger partial charge in [-0.25, -0.2) is 0 Å². The average Bonchev–Trinajstić information content (AvgIpc) is 3.56. The summed E-state index contributed by atoms with van der Waals surface area (Å²) in [5.41, 5.74) is 8.85. The Morgan fingerprint density at radius 3 is 2.04 bits per heavy atom. The van der Waals surface area contributed by atoms with Crippen molar-refractivity contribution in [1.82, 2.24) is 19.1 Å². The van der Waals surface area contributed by atoms with E-state index in [0.717, 1.165) is 44.6 Å². The summed E-state index contributed by atoms with van der Waals surface area (Å²) in [6.45, 7) is 24.1. The van der Waals surface area contributed by atoms with Crippen molar-refractivity contribution >= 4 is 22.1 Å². The first-order valence-electron chi connectivity index (χ1n) is 16.2. The Morgan fingerprint density at radius 2 is 1.37 bits per heavy atom. The summed E-state index contributed by atoms with van der Waals surface area (Å²) in [5, 5.41) is 11.8. The highest BCUT2D eigenvalue weighted by Gasteiger charge is 2.33. The lowest BCUT2D eigenvalue weighted by molar-refractivity contribution is -0.744. The first kappa shape index (κ1) is 31.5. The van der Waals surface area contributed by atoms with Crippen molar-refractivity contribution in [2.75, 3.05) is 0 Å². The van der Waals surface area contributed by atoms with E-state index in [4.69, 9.17) is 9.97 Å². The van der Waals surface area contributed by atoms with Gasteiger partial charge in [-0.2, -0.15) is 0 Å². The largest absolute Gasteiger partial charge is 0.513 e. The van der Waals surface area contributed by atoms with Crippen molar-refractivity contribution in [2.45, 2.75) is 98.1 Å². The lowest BCUT2D eigenvalue weighted by Gasteiger charge is -2.28. The summed E-state index contributed by atoms with van der Waals surface area (Å²) < 4.78 is 6.48. The second-order valence-corrected chi connectivity index (χ2v) is 16.1. The maximum absolute atomic E-state index is 11.8. The summed E-state index contributed by atoms with van der Waals surface area (Å²) in [4.78, 5) is 9.65. The van der Waals surface area contributed by atoms with Crippen molar-refractivity contribution in [3.8, 4) is 22.7 Å². The van der Waals surface area contributed by atoms with Crippen LogP contribution in [0.25, 0.3) is 39.0 Å². The predicted molar refractivity (Wildman–Crippen MR) is 188 cm³/mol. The van der Waals surface area contributed by atoms with Crippen LogP contribution in [0.1, 0.15) is 92.9 Å². The number of phenolic OH excluding ortho intramolecular Hbond substituents is 1. The van der Waals surface area contributed by atoms with Crippen LogP contribution < -0.4 is 4.57 Å². The van der Waals surface area contributed by atoms with Crippen molar-refractivity contribution in [2.24, 2.45) is 0 Å². The fourth-order valence-electron chi connectivity index (χ4n) is 6.30. The normalized spacial score (nSPS) is 13.2. The standard InChI is InChI=1S/C40H47N5O/c1-37(2,3)26-18-20-41-30(22-26)28-24-44(33-17-14-19-42-35(28)33)40(10,11)45-25-43(31-15-12-13-16-32(31)45)34-23-27(38(4,5)6)21-29(36(34)46)39(7,8)9/h12-24,46H,1-11H3. The van der Waals surface area contributed by atoms with Gasteiger partial charge in [0, 0.05) is 24.2 Å². The van der Waals surface area contributed by atoms with Gasteiger partial charge in [-0.3, -0.25) is 14.5 Å². The van der Waals surface area contributed by atoms with Gasteiger partial charge in [0.25, 0.3) is 0 Å². The number of fused-ring (bicyclic) bond motifs is 2. The number of aromatic hydroxyl groups is 1. The maximum Gasteiger partial charge on any atom is 0.246 e. The van der Waals surface area contributed by atoms with Crippen LogP contribution in [-0.2, 0) is 21.9 Å². The van der Waals surface area contributed by atoms with E-state index < -0.39 is 5.66 Å². The van der Waals surface area contributed by atoms with Gasteiger partial charge in [-0.1, -0.05) is 98.7 Å². The van der Waals surface area contributed by atoms with Crippen molar-refractivity contribution in [3.63, 3.8) is 0 Å². The molecule has 0 aliphatic rings. The molecule has 6 rings (SSSR count). The Bertz CT molecular complexity index is 2090. The molecule has 4 heterocycles. The van der Waals surface area contributed by atoms with E-state index in [0.29, 0.717) is 0 Å². The molecule has 6 aromatic rings. The topological polar surface area (TPSA) is 59.8 Å². The van der Waals surface area contributed by atoms with Crippen LogP contribution in [0.15, 0.2) is 79.3 Å². The second-order valence-electron chi connectivity index (χ2n) is 16.1. The van der Waals surface area contributed by atoms with Gasteiger partial charge in [-0.05, 0) is 71.0 Å². The van der Waals surface area contributed by atoms with Gasteiger partial charge in [0.1, 0.15) is 5.75 Å². The molecule has 0 spiro atoms. The average molecular weight is 614 g/mol. The quantitative estimate of drug-likeness (QED) is 0.159. The second kappa shape index (κ2) is 10.5. The molecule has 0 bridgehead atoms. The van der Waals surface area contributed by atoms with Gasteiger partial charge in [-0.15, -0.1) is 0 Å². The number of nitrogens with zero attached hydrogens (tertiary/aromatic N) is 5. The summed E-state index contributed by atoms with van der Waals surface area (Å²) in [5.74, 6) is 0.283. The van der Waals surface area contributed by atoms with Gasteiger partial charge in [0.2, 0.25) is 6.33 Å². The van der Waals surface area contributed by atoms with Crippen LogP contribution in [0, 0.1) is 6.33 Å². The van der Waals surface area contributed by atoms with Gasteiger partial charge < -0.3 is 14.2 Å². The number of phenols is 1. The molecule has 0 aliphatic heterocycles. The number of pyridine rings is 2. The lowest BCUT2D eigenvalue weighted by Crippen LogP contribution is -2.56. The molecule has 0 aliphatic carbocycles. The molecule has 0 radical (unpaired) electrons. The van der Waals surface area contributed by atoms with Crippen LogP contribution in [0.5, 0.6) is 5.75 Å². The molecular weight excluding hydrogens is 566 g/mol. The smallest absolute Gasteiger partial charge is 0.246 e. The van der Waals surface area contributed by atoms with E-state index in [9.17, 15) is 5.11 Å². The number of imidazole rings is 1. The van der Waals surface area contributed by atoms with E-state index in [-0.39, 0.29) is 22.0 Å². The molecule has 0 saturated heterocycles. The summed E-state index contributed by atoms with van der Waals surface area (Å²) in [7, 11) is 0. The van der Waals surface area contributed by atoms with Crippen LogP contribution in [0.3, 0.4) is 0 Å². The maximum atomic E-state index is 11.8. The van der Waals surface area contributed by atoms with E-state index in [1.54, 1.807) is 0 Å². The molecule has 0 unspecified atom stereocenters. The van der Waals surface area contributed by atoms with E-state index >= 15 is 0 Å². The third-order valence-corrected chi connectivity index (χ3v) is 9.17. The van der Waals surface area contributed by atoms with Crippen molar-refractivity contribution < 1.29 is 9.67 Å². The molecule has 6 nitrogen and oxygen atoms in total. The molecule has 2 aromatic carbocycles. The van der Waals surface area contributed by atoms with E-state index in [2.05, 4.69) is 146 Å². The SMILES string of the molecule is CC(C)(C)c1ccnc(-c2cn(C(C)(C)[n+]3[c-]n(-c4cc(C(C)(C)C)cc(C(C)(C)C)c4O)c4ccccc43)c3cccnc23)c1. The Morgan fingerprint density at radius 1 is 0.696 bits per heavy atom. The highest BCUT2D eigenvalue weighted by Crippen LogP contribution is 2.40. The zero-order valence-electron chi connectivity index (χ0n) is 29.2. The Balaban J connectivity index is 1.60. The zero-order valence-corrected chi connectivity index (χ0v) is 29.2. The summed E-state index contributed by atoms with van der Waals surface area (Å²) >= 11 is 0. The van der Waals surface area contributed by atoms with E-state index in [1.165, 1.54) is 11.1 Å². The van der Waals surface area contributed by atoms with Crippen LogP contribution in [0.2, 0.25) is 0 Å². The first-order valence-corrected chi connectivity index (χ1v) is 16.2. The molecule has 0 atom stereocenters. The Kier molecular flexibility index (Phi) is 7.23. The van der Waals surface area contributed by atoms with Gasteiger partial charge in [0.05, 0.1) is 33.4 Å². The molecule has 238 valence electrons. The van der Waals surface area contributed by atoms with Crippen LogP contribution >= 0.6 is 0 Å². The summed E-state index contributed by atoms with van der Waals surface area (Å²) in [6, 6.07) is 21.0. The number of aromatic nitrogens is 5. The lowest BCUT2D eigenvalue weighted by atomic mass is 9.79. The van der Waals surface area contributed by atoms with Crippen molar-refractivity contribution in [3.05, 3.63) is 102 Å². The van der Waals surface area contributed by atoms with E-state index in [1.807, 2.05) is 29.1 Å².